The number of esters is 1. The summed E-state index contributed by atoms with van der Waals surface area (Å²) in [5.74, 6) is 0.859. The van der Waals surface area contributed by atoms with Crippen molar-refractivity contribution in [1.29, 1.82) is 0 Å². The van der Waals surface area contributed by atoms with Crippen LogP contribution in [0.4, 0.5) is 0 Å². The van der Waals surface area contributed by atoms with Gasteiger partial charge in [-0.2, -0.15) is 0 Å². The van der Waals surface area contributed by atoms with E-state index in [4.69, 9.17) is 4.74 Å². The topological polar surface area (TPSA) is 58.6 Å². The molecule has 6 heteroatoms. The molecule has 0 bridgehead atoms. The Hall–Kier alpha value is -1.43. The molecule has 0 unspecified atom stereocenters. The number of hydrogen-bond acceptors (Lipinski definition) is 5. The number of amides is 1. The average Bonchev–Trinajstić information content (AvgIpc) is 2.98. The number of rotatable bonds is 5. The minimum atomic E-state index is -0.231. The summed E-state index contributed by atoms with van der Waals surface area (Å²) in [6.07, 6.45) is 2.22. The quantitative estimate of drug-likeness (QED) is 0.621. The molecular formula is C16H24N2O3S. The van der Waals surface area contributed by atoms with E-state index in [1.807, 2.05) is 13.8 Å². The van der Waals surface area contributed by atoms with Gasteiger partial charge in [-0.15, -0.1) is 11.8 Å². The number of carbonyl (C=O) groups is 2. The Morgan fingerprint density at radius 3 is 2.73 bits per heavy atom. The molecule has 2 rings (SSSR count). The molecule has 1 saturated heterocycles. The zero-order chi connectivity index (χ0) is 16.3. The minimum Gasteiger partial charge on any atom is -0.460 e. The van der Waals surface area contributed by atoms with Gasteiger partial charge in [0.2, 0.25) is 5.91 Å². The predicted octanol–water partition coefficient (Wildman–Crippen LogP) is 2.26. The highest BCUT2D eigenvalue weighted by Crippen LogP contribution is 2.42. The van der Waals surface area contributed by atoms with Crippen molar-refractivity contribution in [3.8, 4) is 0 Å². The average molecular weight is 324 g/mol. The number of hydrogen-bond donors (Lipinski definition) is 1. The third-order valence-electron chi connectivity index (χ3n) is 3.36. The highest BCUT2D eigenvalue weighted by molar-refractivity contribution is 8.03. The smallest absolute Gasteiger partial charge is 0.336 e. The SMILES string of the molecule is CC(C)CNC(=O)C=C1CSC2=C(C(=O)OC(C)C)CCN12. The standard InChI is InChI=1S/C16H24N2O3S/c1-10(2)8-17-14(19)7-12-9-22-15-13(5-6-18(12)15)16(20)21-11(3)4/h7,10-11H,5-6,8-9H2,1-4H3,(H,17,19). The lowest BCUT2D eigenvalue weighted by atomic mass is 10.2. The van der Waals surface area contributed by atoms with Gasteiger partial charge in [-0.1, -0.05) is 13.8 Å². The van der Waals surface area contributed by atoms with Crippen LogP contribution in [0.2, 0.25) is 0 Å². The number of carbonyl (C=O) groups excluding carboxylic acids is 2. The first kappa shape index (κ1) is 16.9. The number of nitrogens with zero attached hydrogens (tertiary/aromatic N) is 1. The molecule has 0 aromatic rings. The van der Waals surface area contributed by atoms with Crippen LogP contribution in [-0.4, -0.2) is 41.7 Å². The fourth-order valence-corrected chi connectivity index (χ4v) is 3.60. The largest absolute Gasteiger partial charge is 0.460 e. The van der Waals surface area contributed by atoms with E-state index < -0.39 is 0 Å². The summed E-state index contributed by atoms with van der Waals surface area (Å²) in [7, 11) is 0. The summed E-state index contributed by atoms with van der Waals surface area (Å²) in [6, 6.07) is 0. The molecule has 0 atom stereocenters. The molecule has 1 fully saturated rings. The predicted molar refractivity (Wildman–Crippen MR) is 88.0 cm³/mol. The first-order valence-electron chi connectivity index (χ1n) is 7.71. The van der Waals surface area contributed by atoms with Gasteiger partial charge < -0.3 is 15.0 Å². The highest BCUT2D eigenvalue weighted by atomic mass is 32.2. The molecule has 0 spiro atoms. The van der Waals surface area contributed by atoms with Crippen LogP contribution in [0.1, 0.15) is 34.1 Å². The Morgan fingerprint density at radius 1 is 1.36 bits per heavy atom. The zero-order valence-electron chi connectivity index (χ0n) is 13.6. The first-order chi connectivity index (χ1) is 10.4. The van der Waals surface area contributed by atoms with Crippen LogP contribution in [0, 0.1) is 5.92 Å². The molecule has 0 aromatic heterocycles. The van der Waals surface area contributed by atoms with Crippen molar-refractivity contribution in [3.63, 3.8) is 0 Å². The van der Waals surface area contributed by atoms with E-state index in [2.05, 4.69) is 24.1 Å². The lowest BCUT2D eigenvalue weighted by Gasteiger charge is -2.14. The number of thioether (sulfide) groups is 1. The van der Waals surface area contributed by atoms with E-state index in [1.165, 1.54) is 0 Å². The maximum absolute atomic E-state index is 12.1. The van der Waals surface area contributed by atoms with Gasteiger partial charge >= 0.3 is 5.97 Å². The van der Waals surface area contributed by atoms with E-state index in [-0.39, 0.29) is 18.0 Å². The fraction of sp³-hybridized carbons (Fsp3) is 0.625. The van der Waals surface area contributed by atoms with E-state index in [9.17, 15) is 9.59 Å². The van der Waals surface area contributed by atoms with Crippen LogP contribution >= 0.6 is 11.8 Å². The molecular weight excluding hydrogens is 300 g/mol. The zero-order valence-corrected chi connectivity index (χ0v) is 14.5. The van der Waals surface area contributed by atoms with Crippen molar-refractivity contribution in [1.82, 2.24) is 10.2 Å². The Kier molecular flexibility index (Phi) is 5.56. The summed E-state index contributed by atoms with van der Waals surface area (Å²) in [5, 5.41) is 3.84. The van der Waals surface area contributed by atoms with Crippen molar-refractivity contribution in [2.45, 2.75) is 40.2 Å². The van der Waals surface area contributed by atoms with Crippen LogP contribution in [0.15, 0.2) is 22.4 Å². The van der Waals surface area contributed by atoms with Crippen molar-refractivity contribution in [2.24, 2.45) is 5.92 Å². The fourth-order valence-electron chi connectivity index (χ4n) is 2.36. The molecule has 2 aliphatic rings. The maximum Gasteiger partial charge on any atom is 0.336 e. The van der Waals surface area contributed by atoms with E-state index in [1.54, 1.807) is 17.8 Å². The van der Waals surface area contributed by atoms with Crippen molar-refractivity contribution in [3.05, 3.63) is 22.4 Å². The molecule has 0 saturated carbocycles. The van der Waals surface area contributed by atoms with Crippen LogP contribution in [0.25, 0.3) is 0 Å². The van der Waals surface area contributed by atoms with E-state index in [0.29, 0.717) is 18.9 Å². The monoisotopic (exact) mass is 324 g/mol. The van der Waals surface area contributed by atoms with Gasteiger partial charge in [0.1, 0.15) is 0 Å². The molecule has 22 heavy (non-hydrogen) atoms. The normalized spacial score (nSPS) is 19.4. The van der Waals surface area contributed by atoms with E-state index >= 15 is 0 Å². The van der Waals surface area contributed by atoms with Crippen LogP contribution < -0.4 is 5.32 Å². The first-order valence-corrected chi connectivity index (χ1v) is 8.70. The molecule has 2 heterocycles. The van der Waals surface area contributed by atoms with Crippen LogP contribution in [0.3, 0.4) is 0 Å². The Labute approximate surface area is 136 Å². The lowest BCUT2D eigenvalue weighted by molar-refractivity contribution is -0.142. The molecule has 0 aliphatic carbocycles. The number of ether oxygens (including phenoxy) is 1. The van der Waals surface area contributed by atoms with Crippen molar-refractivity contribution in [2.75, 3.05) is 18.8 Å². The van der Waals surface area contributed by atoms with Gasteiger partial charge in [-0.25, -0.2) is 4.79 Å². The Morgan fingerprint density at radius 2 is 2.09 bits per heavy atom. The summed E-state index contributed by atoms with van der Waals surface area (Å²) >= 11 is 1.61. The molecule has 1 amide bonds. The number of nitrogens with one attached hydrogen (secondary N) is 1. The van der Waals surface area contributed by atoms with Gasteiger partial charge in [0, 0.05) is 37.0 Å². The van der Waals surface area contributed by atoms with Crippen LogP contribution in [-0.2, 0) is 14.3 Å². The van der Waals surface area contributed by atoms with Gasteiger partial charge in [0.05, 0.1) is 16.7 Å². The second kappa shape index (κ2) is 7.22. The van der Waals surface area contributed by atoms with Crippen LogP contribution in [0.5, 0.6) is 0 Å². The second-order valence-corrected chi connectivity index (χ2v) is 7.17. The third kappa shape index (κ3) is 4.06. The molecule has 5 nitrogen and oxygen atoms in total. The van der Waals surface area contributed by atoms with Crippen molar-refractivity contribution < 1.29 is 14.3 Å². The molecule has 122 valence electrons. The Bertz CT molecular complexity index is 523. The lowest BCUT2D eigenvalue weighted by Crippen LogP contribution is -2.27. The highest BCUT2D eigenvalue weighted by Gasteiger charge is 2.35. The molecule has 0 aromatic carbocycles. The third-order valence-corrected chi connectivity index (χ3v) is 4.54. The van der Waals surface area contributed by atoms with Gasteiger partial charge in [0.25, 0.3) is 0 Å². The molecule has 0 radical (unpaired) electrons. The van der Waals surface area contributed by atoms with Gasteiger partial charge in [-0.3, -0.25) is 4.79 Å². The molecule has 2 aliphatic heterocycles. The van der Waals surface area contributed by atoms with Crippen molar-refractivity contribution >= 4 is 23.6 Å². The summed E-state index contributed by atoms with van der Waals surface area (Å²) in [5.41, 5.74) is 1.71. The maximum atomic E-state index is 12.1. The minimum absolute atomic E-state index is 0.0660. The molecule has 1 N–H and O–H groups in total. The number of fused-ring (bicyclic) bond motifs is 1. The van der Waals surface area contributed by atoms with E-state index in [0.717, 1.165) is 28.6 Å². The van der Waals surface area contributed by atoms with Gasteiger partial charge in [0.15, 0.2) is 0 Å². The summed E-state index contributed by atoms with van der Waals surface area (Å²) in [6.45, 7) is 9.24. The summed E-state index contributed by atoms with van der Waals surface area (Å²) < 4.78 is 5.29. The van der Waals surface area contributed by atoms with Gasteiger partial charge in [-0.05, 0) is 19.8 Å². The summed E-state index contributed by atoms with van der Waals surface area (Å²) in [4.78, 5) is 26.1. The Balaban J connectivity index is 2.04. The second-order valence-electron chi connectivity index (χ2n) is 6.20.